The van der Waals surface area contributed by atoms with Crippen molar-refractivity contribution in [1.82, 2.24) is 14.9 Å². The van der Waals surface area contributed by atoms with Gasteiger partial charge in [0, 0.05) is 11.8 Å². The number of aromatic nitrogens is 2. The zero-order valence-electron chi connectivity index (χ0n) is 17.2. The zero-order chi connectivity index (χ0) is 23.1. The maximum absolute atomic E-state index is 12.5. The van der Waals surface area contributed by atoms with Crippen LogP contribution in [-0.4, -0.2) is 53.4 Å². The van der Waals surface area contributed by atoms with E-state index in [2.05, 4.69) is 30.2 Å². The molecule has 0 spiro atoms. The molecule has 2 aromatic rings. The van der Waals surface area contributed by atoms with Crippen LogP contribution >= 0.6 is 0 Å². The molecule has 3 rings (SSSR count). The van der Waals surface area contributed by atoms with Crippen LogP contribution in [0.2, 0.25) is 0 Å². The van der Waals surface area contributed by atoms with Gasteiger partial charge in [0.25, 0.3) is 5.56 Å². The molecule has 0 atom stereocenters. The highest BCUT2D eigenvalue weighted by atomic mass is 19.4. The number of hydrogen-bond acceptors (Lipinski definition) is 6. The van der Waals surface area contributed by atoms with Gasteiger partial charge in [-0.15, -0.1) is 13.2 Å². The van der Waals surface area contributed by atoms with Crippen LogP contribution in [0.5, 0.6) is 5.75 Å². The van der Waals surface area contributed by atoms with Crippen molar-refractivity contribution in [3.8, 4) is 5.75 Å². The number of amides is 2. The summed E-state index contributed by atoms with van der Waals surface area (Å²) in [5.41, 5.74) is 5.52. The number of H-pyrrole nitrogens is 1. The van der Waals surface area contributed by atoms with Crippen LogP contribution in [0.3, 0.4) is 0 Å². The van der Waals surface area contributed by atoms with Gasteiger partial charge in [-0.05, 0) is 63.5 Å². The van der Waals surface area contributed by atoms with Gasteiger partial charge in [-0.1, -0.05) is 12.1 Å². The van der Waals surface area contributed by atoms with E-state index in [4.69, 9.17) is 5.73 Å². The summed E-state index contributed by atoms with van der Waals surface area (Å²) in [6, 6.07) is 4.21. The highest BCUT2D eigenvalue weighted by molar-refractivity contribution is 5.99. The third kappa shape index (κ3) is 6.69. The van der Waals surface area contributed by atoms with Gasteiger partial charge < -0.3 is 20.7 Å². The number of hydrogen-bond donors (Lipinski definition) is 4. The molecule has 9 nitrogen and oxygen atoms in total. The highest BCUT2D eigenvalue weighted by Gasteiger charge is 2.32. The molecule has 1 aromatic carbocycles. The summed E-state index contributed by atoms with van der Waals surface area (Å²) in [7, 11) is 0. The minimum Gasteiger partial charge on any atom is -0.404 e. The topological polar surface area (TPSA) is 125 Å². The van der Waals surface area contributed by atoms with Crippen LogP contribution in [0.4, 0.5) is 29.6 Å². The normalized spacial score (nSPS) is 15.4. The van der Waals surface area contributed by atoms with Crippen molar-refractivity contribution in [1.29, 1.82) is 0 Å². The van der Waals surface area contributed by atoms with Crippen LogP contribution in [0.25, 0.3) is 0 Å². The molecule has 0 unspecified atom stereocenters. The summed E-state index contributed by atoms with van der Waals surface area (Å²) in [6.45, 7) is 3.32. The molecule has 32 heavy (non-hydrogen) atoms. The van der Waals surface area contributed by atoms with E-state index in [0.717, 1.165) is 45.0 Å². The number of benzene rings is 1. The summed E-state index contributed by atoms with van der Waals surface area (Å²) < 4.78 is 41.4. The second-order valence-corrected chi connectivity index (χ2v) is 7.40. The van der Waals surface area contributed by atoms with E-state index in [1.807, 2.05) is 0 Å². The molecule has 0 aliphatic carbocycles. The number of nitrogens with zero attached hydrogens (tertiary/aromatic N) is 2. The fourth-order valence-electron chi connectivity index (χ4n) is 3.59. The van der Waals surface area contributed by atoms with Crippen LogP contribution in [-0.2, 0) is 0 Å². The molecular weight excluding hydrogens is 429 g/mol. The Morgan fingerprint density at radius 3 is 2.62 bits per heavy atom. The minimum atomic E-state index is -4.91. The maximum atomic E-state index is 12.5. The number of alkyl halides is 3. The first-order valence-corrected chi connectivity index (χ1v) is 10.2. The van der Waals surface area contributed by atoms with E-state index in [9.17, 15) is 22.8 Å². The highest BCUT2D eigenvalue weighted by Crippen LogP contribution is 2.30. The van der Waals surface area contributed by atoms with E-state index in [1.165, 1.54) is 24.4 Å². The van der Waals surface area contributed by atoms with E-state index in [1.54, 1.807) is 0 Å². The summed E-state index contributed by atoms with van der Waals surface area (Å²) in [5.74, 6) is -0.620. The van der Waals surface area contributed by atoms with Gasteiger partial charge in [0.1, 0.15) is 0 Å². The van der Waals surface area contributed by atoms with Gasteiger partial charge in [-0.25, -0.2) is 9.78 Å². The molecule has 174 valence electrons. The van der Waals surface area contributed by atoms with Gasteiger partial charge in [0.05, 0.1) is 5.69 Å². The Hall–Kier alpha value is -3.12. The second kappa shape index (κ2) is 10.5. The molecule has 12 heteroatoms. The monoisotopic (exact) mass is 454 g/mol. The molecule has 0 radical (unpaired) electrons. The predicted molar refractivity (Wildman–Crippen MR) is 113 cm³/mol. The summed E-state index contributed by atoms with van der Waals surface area (Å²) >= 11 is 0. The lowest BCUT2D eigenvalue weighted by Crippen LogP contribution is -2.36. The summed E-state index contributed by atoms with van der Waals surface area (Å²) in [4.78, 5) is 33.6. The fourth-order valence-corrected chi connectivity index (χ4v) is 3.59. The molecule has 1 aliphatic rings. The van der Waals surface area contributed by atoms with E-state index < -0.39 is 18.1 Å². The average Bonchev–Trinajstić information content (AvgIpc) is 2.73. The second-order valence-electron chi connectivity index (χ2n) is 7.40. The van der Waals surface area contributed by atoms with Crippen molar-refractivity contribution in [3.63, 3.8) is 0 Å². The van der Waals surface area contributed by atoms with Crippen LogP contribution in [0, 0.1) is 0 Å². The quantitative estimate of drug-likeness (QED) is 0.510. The van der Waals surface area contributed by atoms with Crippen molar-refractivity contribution in [2.75, 3.05) is 36.8 Å². The lowest BCUT2D eigenvalue weighted by atomic mass is 9.91. The first-order valence-electron chi connectivity index (χ1n) is 10.2. The number of nitrogens with one attached hydrogen (secondary N) is 3. The van der Waals surface area contributed by atoms with E-state index in [-0.39, 0.29) is 23.1 Å². The predicted octanol–water partition coefficient (Wildman–Crippen LogP) is 2.84. The first-order chi connectivity index (χ1) is 15.2. The number of nitrogens with two attached hydrogens (primary N) is 1. The SMILES string of the molecule is NCCCN1CCC(c2cnc(NC(=O)Nc3ccccc3OC(F)(F)F)[nH]c2=O)CC1. The largest absolute Gasteiger partial charge is 0.573 e. The number of para-hydroxylation sites is 2. The van der Waals surface area contributed by atoms with Crippen molar-refractivity contribution < 1.29 is 22.7 Å². The third-order valence-electron chi connectivity index (χ3n) is 5.13. The number of halogens is 3. The number of carbonyl (C=O) groups is 1. The molecule has 1 fully saturated rings. The van der Waals surface area contributed by atoms with Gasteiger partial charge in [0.15, 0.2) is 5.75 Å². The summed E-state index contributed by atoms with van der Waals surface area (Å²) in [6.07, 6.45) is -0.911. The maximum Gasteiger partial charge on any atom is 0.573 e. The number of piperidine rings is 1. The zero-order valence-corrected chi connectivity index (χ0v) is 17.2. The Morgan fingerprint density at radius 2 is 1.97 bits per heavy atom. The number of likely N-dealkylation sites (tertiary alicyclic amines) is 1. The number of urea groups is 1. The minimum absolute atomic E-state index is 0.0645. The molecule has 2 amide bonds. The Kier molecular flexibility index (Phi) is 7.70. The summed E-state index contributed by atoms with van der Waals surface area (Å²) in [5, 5.41) is 4.56. The molecule has 2 heterocycles. The lowest BCUT2D eigenvalue weighted by Gasteiger charge is -2.31. The molecule has 5 N–H and O–H groups in total. The van der Waals surface area contributed by atoms with Crippen LogP contribution in [0.15, 0.2) is 35.3 Å². The Balaban J connectivity index is 1.60. The molecule has 1 aromatic heterocycles. The van der Waals surface area contributed by atoms with Gasteiger partial charge in [-0.3, -0.25) is 15.1 Å². The standard InChI is InChI=1S/C20H25F3N6O3/c21-20(22,23)32-16-5-2-1-4-15(16)26-19(31)28-18-25-12-14(17(30)27-18)13-6-10-29(11-7-13)9-3-8-24/h1-2,4-5,12-13H,3,6-11,24H2,(H3,25,26,27,28,30,31). The Labute approximate surface area is 182 Å². The van der Waals surface area contributed by atoms with E-state index in [0.29, 0.717) is 12.1 Å². The van der Waals surface area contributed by atoms with Gasteiger partial charge >= 0.3 is 12.4 Å². The molecular formula is C20H25F3N6O3. The number of rotatable bonds is 7. The van der Waals surface area contributed by atoms with Crippen molar-refractivity contribution in [2.45, 2.75) is 31.5 Å². The van der Waals surface area contributed by atoms with Crippen molar-refractivity contribution in [3.05, 3.63) is 46.4 Å². The van der Waals surface area contributed by atoms with E-state index >= 15 is 0 Å². The van der Waals surface area contributed by atoms with Gasteiger partial charge in [-0.2, -0.15) is 0 Å². The number of anilines is 2. The first kappa shape index (κ1) is 23.5. The smallest absolute Gasteiger partial charge is 0.404 e. The number of aromatic amines is 1. The molecule has 0 bridgehead atoms. The van der Waals surface area contributed by atoms with Crippen LogP contribution < -0.4 is 26.7 Å². The number of ether oxygens (including phenoxy) is 1. The average molecular weight is 454 g/mol. The Morgan fingerprint density at radius 1 is 1.25 bits per heavy atom. The third-order valence-corrected chi connectivity index (χ3v) is 5.13. The molecule has 1 saturated heterocycles. The fraction of sp³-hybridized carbons (Fsp3) is 0.450. The number of carbonyl (C=O) groups excluding carboxylic acids is 1. The van der Waals surface area contributed by atoms with Crippen molar-refractivity contribution >= 4 is 17.7 Å². The lowest BCUT2D eigenvalue weighted by molar-refractivity contribution is -0.274. The van der Waals surface area contributed by atoms with Crippen molar-refractivity contribution in [2.24, 2.45) is 5.73 Å². The van der Waals surface area contributed by atoms with Crippen LogP contribution in [0.1, 0.15) is 30.7 Å². The van der Waals surface area contributed by atoms with Gasteiger partial charge in [0.2, 0.25) is 5.95 Å². The Bertz CT molecular complexity index is 974. The molecule has 1 aliphatic heterocycles. The molecule has 0 saturated carbocycles.